The van der Waals surface area contributed by atoms with Gasteiger partial charge in [-0.15, -0.1) is 0 Å². The van der Waals surface area contributed by atoms with Gasteiger partial charge in [-0.1, -0.05) is 61.8 Å². The number of nitrogens with one attached hydrogen (secondary N) is 2. The molecule has 0 aliphatic carbocycles. The van der Waals surface area contributed by atoms with Crippen molar-refractivity contribution in [1.29, 1.82) is 0 Å². The predicted octanol–water partition coefficient (Wildman–Crippen LogP) is 4.11. The first-order valence-electron chi connectivity index (χ1n) is 8.76. The van der Waals surface area contributed by atoms with Gasteiger partial charge < -0.3 is 10.6 Å². The van der Waals surface area contributed by atoms with E-state index in [9.17, 15) is 9.59 Å². The van der Waals surface area contributed by atoms with Crippen molar-refractivity contribution >= 4 is 23.4 Å². The van der Waals surface area contributed by atoms with E-state index >= 15 is 0 Å². The Labute approximate surface area is 159 Å². The van der Waals surface area contributed by atoms with Crippen molar-refractivity contribution in [2.75, 3.05) is 0 Å². The number of rotatable bonds is 7. The first-order valence-corrected chi connectivity index (χ1v) is 9.14. The van der Waals surface area contributed by atoms with E-state index in [4.69, 9.17) is 11.6 Å². The van der Waals surface area contributed by atoms with Crippen LogP contribution < -0.4 is 10.6 Å². The standard InChI is InChI=1S/C21H25ClN2O2/c1-14(2)12-19(24-20(25)17-10-6-4-8-15(17)3)21(26)23-13-16-9-5-7-11-18(16)22/h4-11,14,19H,12-13H2,1-3H3,(H,23,26)(H,24,25)/t19-/m0/s1. The Morgan fingerprint density at radius 2 is 1.69 bits per heavy atom. The average Bonchev–Trinajstić information content (AvgIpc) is 2.60. The number of aryl methyl sites for hydroxylation is 1. The van der Waals surface area contributed by atoms with Crippen LogP contribution in [0.3, 0.4) is 0 Å². The third-order valence-corrected chi connectivity index (χ3v) is 4.50. The lowest BCUT2D eigenvalue weighted by Gasteiger charge is -2.21. The fourth-order valence-corrected chi connectivity index (χ4v) is 2.92. The summed E-state index contributed by atoms with van der Waals surface area (Å²) in [5, 5.41) is 6.36. The monoisotopic (exact) mass is 372 g/mol. The molecule has 5 heteroatoms. The van der Waals surface area contributed by atoms with Crippen LogP contribution in [0.25, 0.3) is 0 Å². The maximum Gasteiger partial charge on any atom is 0.252 e. The number of hydrogen-bond acceptors (Lipinski definition) is 2. The zero-order valence-corrected chi connectivity index (χ0v) is 16.1. The van der Waals surface area contributed by atoms with Crippen LogP contribution in [-0.2, 0) is 11.3 Å². The van der Waals surface area contributed by atoms with Gasteiger partial charge in [0.15, 0.2) is 0 Å². The maximum absolute atomic E-state index is 12.6. The summed E-state index contributed by atoms with van der Waals surface area (Å²) in [7, 11) is 0. The van der Waals surface area contributed by atoms with Crippen LogP contribution in [0, 0.1) is 12.8 Å². The van der Waals surface area contributed by atoms with Crippen LogP contribution in [0.4, 0.5) is 0 Å². The second-order valence-corrected chi connectivity index (χ2v) is 7.19. The Kier molecular flexibility index (Phi) is 7.22. The molecule has 26 heavy (non-hydrogen) atoms. The first kappa shape index (κ1) is 20.0. The fraction of sp³-hybridized carbons (Fsp3) is 0.333. The van der Waals surface area contributed by atoms with Crippen LogP contribution in [0.2, 0.25) is 5.02 Å². The van der Waals surface area contributed by atoms with Crippen LogP contribution in [0.1, 0.15) is 41.8 Å². The minimum Gasteiger partial charge on any atom is -0.350 e. The normalized spacial score (nSPS) is 11.9. The molecule has 0 spiro atoms. The molecule has 0 heterocycles. The maximum atomic E-state index is 12.6. The number of halogens is 1. The highest BCUT2D eigenvalue weighted by atomic mass is 35.5. The molecule has 0 aliphatic rings. The van der Waals surface area contributed by atoms with Gasteiger partial charge >= 0.3 is 0 Å². The quantitative estimate of drug-likeness (QED) is 0.768. The van der Waals surface area contributed by atoms with E-state index in [-0.39, 0.29) is 17.7 Å². The lowest BCUT2D eigenvalue weighted by molar-refractivity contribution is -0.123. The van der Waals surface area contributed by atoms with E-state index in [1.165, 1.54) is 0 Å². The molecule has 2 aromatic rings. The smallest absolute Gasteiger partial charge is 0.252 e. The van der Waals surface area contributed by atoms with Crippen molar-refractivity contribution in [3.05, 3.63) is 70.2 Å². The van der Waals surface area contributed by atoms with Gasteiger partial charge in [0.2, 0.25) is 5.91 Å². The summed E-state index contributed by atoms with van der Waals surface area (Å²) < 4.78 is 0. The molecule has 0 aliphatic heterocycles. The number of amides is 2. The highest BCUT2D eigenvalue weighted by Gasteiger charge is 2.23. The zero-order chi connectivity index (χ0) is 19.1. The summed E-state index contributed by atoms with van der Waals surface area (Å²) in [6, 6.07) is 14.1. The van der Waals surface area contributed by atoms with Gasteiger partial charge in [0.1, 0.15) is 6.04 Å². The number of carbonyl (C=O) groups is 2. The molecule has 2 rings (SSSR count). The van der Waals surface area contributed by atoms with E-state index in [2.05, 4.69) is 10.6 Å². The van der Waals surface area contributed by atoms with Crippen molar-refractivity contribution in [2.24, 2.45) is 5.92 Å². The highest BCUT2D eigenvalue weighted by molar-refractivity contribution is 6.31. The largest absolute Gasteiger partial charge is 0.350 e. The number of benzene rings is 2. The minimum atomic E-state index is -0.593. The summed E-state index contributed by atoms with van der Waals surface area (Å²) in [6.45, 7) is 6.25. The molecule has 0 radical (unpaired) electrons. The molecule has 138 valence electrons. The molecule has 0 saturated carbocycles. The molecular formula is C21H25ClN2O2. The molecule has 4 nitrogen and oxygen atoms in total. The van der Waals surface area contributed by atoms with Crippen LogP contribution >= 0.6 is 11.6 Å². The third kappa shape index (κ3) is 5.60. The summed E-state index contributed by atoms with van der Waals surface area (Å²) in [5.74, 6) is -0.176. The zero-order valence-electron chi connectivity index (χ0n) is 15.4. The lowest BCUT2D eigenvalue weighted by atomic mass is 10.0. The summed E-state index contributed by atoms with van der Waals surface area (Å²) >= 11 is 6.13. The Hall–Kier alpha value is -2.33. The number of hydrogen-bond donors (Lipinski definition) is 2. The van der Waals surface area contributed by atoms with E-state index in [0.717, 1.165) is 11.1 Å². The van der Waals surface area contributed by atoms with E-state index in [1.807, 2.05) is 57.2 Å². The second kappa shape index (κ2) is 9.39. The van der Waals surface area contributed by atoms with Gasteiger partial charge in [-0.25, -0.2) is 0 Å². The van der Waals surface area contributed by atoms with Crippen molar-refractivity contribution < 1.29 is 9.59 Å². The molecule has 2 aromatic carbocycles. The summed E-state index contributed by atoms with van der Waals surface area (Å²) in [4.78, 5) is 25.2. The Morgan fingerprint density at radius 1 is 1.04 bits per heavy atom. The molecule has 0 fully saturated rings. The number of carbonyl (C=O) groups excluding carboxylic acids is 2. The topological polar surface area (TPSA) is 58.2 Å². The van der Waals surface area contributed by atoms with Gasteiger partial charge in [0, 0.05) is 17.1 Å². The third-order valence-electron chi connectivity index (χ3n) is 4.13. The van der Waals surface area contributed by atoms with Gasteiger partial charge in [0.05, 0.1) is 0 Å². The highest BCUT2D eigenvalue weighted by Crippen LogP contribution is 2.15. The molecule has 0 aromatic heterocycles. The Morgan fingerprint density at radius 3 is 2.35 bits per heavy atom. The molecule has 2 amide bonds. The van der Waals surface area contributed by atoms with Crippen molar-refractivity contribution in [3.8, 4) is 0 Å². The molecule has 0 unspecified atom stereocenters. The fourth-order valence-electron chi connectivity index (χ4n) is 2.71. The Bertz CT molecular complexity index is 774. The van der Waals surface area contributed by atoms with Crippen molar-refractivity contribution in [3.63, 3.8) is 0 Å². The van der Waals surface area contributed by atoms with E-state index in [1.54, 1.807) is 12.1 Å². The lowest BCUT2D eigenvalue weighted by Crippen LogP contribution is -2.47. The molecular weight excluding hydrogens is 348 g/mol. The van der Waals surface area contributed by atoms with E-state index in [0.29, 0.717) is 23.6 Å². The molecule has 2 N–H and O–H groups in total. The van der Waals surface area contributed by atoms with Gasteiger partial charge in [-0.05, 0) is 42.5 Å². The second-order valence-electron chi connectivity index (χ2n) is 6.78. The minimum absolute atomic E-state index is 0.208. The Balaban J connectivity index is 2.06. The first-order chi connectivity index (χ1) is 12.4. The van der Waals surface area contributed by atoms with Crippen LogP contribution in [0.15, 0.2) is 48.5 Å². The van der Waals surface area contributed by atoms with Crippen LogP contribution in [0.5, 0.6) is 0 Å². The molecule has 0 saturated heterocycles. The van der Waals surface area contributed by atoms with Gasteiger partial charge in [-0.2, -0.15) is 0 Å². The van der Waals surface area contributed by atoms with Gasteiger partial charge in [-0.3, -0.25) is 9.59 Å². The van der Waals surface area contributed by atoms with Crippen molar-refractivity contribution in [2.45, 2.75) is 39.8 Å². The van der Waals surface area contributed by atoms with E-state index < -0.39 is 6.04 Å². The van der Waals surface area contributed by atoms with Gasteiger partial charge in [0.25, 0.3) is 5.91 Å². The SMILES string of the molecule is Cc1ccccc1C(=O)N[C@@H](CC(C)C)C(=O)NCc1ccccc1Cl. The molecule has 0 bridgehead atoms. The van der Waals surface area contributed by atoms with Crippen LogP contribution in [-0.4, -0.2) is 17.9 Å². The average molecular weight is 373 g/mol. The van der Waals surface area contributed by atoms with Crippen molar-refractivity contribution in [1.82, 2.24) is 10.6 Å². The summed E-state index contributed by atoms with van der Waals surface area (Å²) in [6.07, 6.45) is 0.561. The molecule has 1 atom stereocenters. The summed E-state index contributed by atoms with van der Waals surface area (Å²) in [5.41, 5.74) is 2.31. The predicted molar refractivity (Wildman–Crippen MR) is 105 cm³/mol.